The summed E-state index contributed by atoms with van der Waals surface area (Å²) in [5.41, 5.74) is 3.27. The molecule has 0 bridgehead atoms. The van der Waals surface area contributed by atoms with E-state index < -0.39 is 0 Å². The van der Waals surface area contributed by atoms with Gasteiger partial charge in [0.25, 0.3) is 0 Å². The first-order valence-electron chi connectivity index (χ1n) is 9.16. The number of para-hydroxylation sites is 1. The van der Waals surface area contributed by atoms with Crippen LogP contribution in [-0.4, -0.2) is 16.4 Å². The normalized spacial score (nSPS) is 23.6. The molecule has 0 radical (unpaired) electrons. The number of nitrogens with zero attached hydrogens (tertiary/aromatic N) is 2. The van der Waals surface area contributed by atoms with E-state index in [1.54, 1.807) is 0 Å². The summed E-state index contributed by atoms with van der Waals surface area (Å²) in [6.07, 6.45) is 6.72. The lowest BCUT2D eigenvalue weighted by Crippen LogP contribution is -2.54. The first-order chi connectivity index (χ1) is 12.3. The Labute approximate surface area is 153 Å². The zero-order valence-corrected chi connectivity index (χ0v) is 14.9. The van der Waals surface area contributed by atoms with Crippen LogP contribution in [0.5, 0.6) is 5.75 Å². The number of benzene rings is 2. The van der Waals surface area contributed by atoms with E-state index in [9.17, 15) is 0 Å². The minimum atomic E-state index is -0.272. The summed E-state index contributed by atoms with van der Waals surface area (Å²) in [5.74, 6) is 1.04. The number of rotatable bonds is 1. The molecule has 2 heterocycles. The second-order valence-electron chi connectivity index (χ2n) is 7.26. The predicted molar refractivity (Wildman–Crippen MR) is 100 cm³/mol. The van der Waals surface area contributed by atoms with Gasteiger partial charge in [0.1, 0.15) is 5.75 Å². The van der Waals surface area contributed by atoms with Gasteiger partial charge in [-0.15, -0.1) is 0 Å². The minimum Gasteiger partial charge on any atom is -0.466 e. The third-order valence-electron chi connectivity index (χ3n) is 5.72. The fourth-order valence-electron chi connectivity index (χ4n) is 4.48. The SMILES string of the molecule is Clc1ccc(C2=NN3C(C2)c2ccccc2OC32CCCCC2)cc1. The molecule has 0 N–H and O–H groups in total. The Bertz CT molecular complexity index is 824. The molecule has 2 aromatic carbocycles. The number of hydrogen-bond acceptors (Lipinski definition) is 3. The van der Waals surface area contributed by atoms with Gasteiger partial charge in [-0.25, -0.2) is 5.01 Å². The fourth-order valence-corrected chi connectivity index (χ4v) is 4.61. The summed E-state index contributed by atoms with van der Waals surface area (Å²) < 4.78 is 6.58. The smallest absolute Gasteiger partial charge is 0.198 e. The topological polar surface area (TPSA) is 24.8 Å². The zero-order chi connectivity index (χ0) is 16.9. The Balaban J connectivity index is 1.59. The van der Waals surface area contributed by atoms with Crippen LogP contribution in [0, 0.1) is 0 Å². The van der Waals surface area contributed by atoms with Gasteiger partial charge in [0, 0.05) is 29.8 Å². The summed E-state index contributed by atoms with van der Waals surface area (Å²) in [6, 6.07) is 16.8. The van der Waals surface area contributed by atoms with Crippen molar-refractivity contribution in [1.29, 1.82) is 0 Å². The van der Waals surface area contributed by atoms with Crippen molar-refractivity contribution in [3.63, 3.8) is 0 Å². The van der Waals surface area contributed by atoms with E-state index >= 15 is 0 Å². The average Bonchev–Trinajstić information content (AvgIpc) is 3.10. The highest BCUT2D eigenvalue weighted by atomic mass is 35.5. The molecule has 1 aliphatic carbocycles. The van der Waals surface area contributed by atoms with Crippen molar-refractivity contribution >= 4 is 17.3 Å². The summed E-state index contributed by atoms with van der Waals surface area (Å²) in [7, 11) is 0. The molecular formula is C21H21ClN2O. The Morgan fingerprint density at radius 2 is 1.76 bits per heavy atom. The molecule has 0 saturated heterocycles. The molecular weight excluding hydrogens is 332 g/mol. The van der Waals surface area contributed by atoms with Crippen LogP contribution in [-0.2, 0) is 0 Å². The monoisotopic (exact) mass is 352 g/mol. The molecule has 1 unspecified atom stereocenters. The van der Waals surface area contributed by atoms with E-state index in [2.05, 4.69) is 41.4 Å². The maximum atomic E-state index is 6.58. The molecule has 1 spiro atoms. The lowest BCUT2D eigenvalue weighted by atomic mass is 9.86. The van der Waals surface area contributed by atoms with Gasteiger partial charge in [-0.1, -0.05) is 48.4 Å². The number of fused-ring (bicyclic) bond motifs is 4. The Morgan fingerprint density at radius 3 is 2.56 bits per heavy atom. The van der Waals surface area contributed by atoms with Gasteiger partial charge in [-0.05, 0) is 36.6 Å². The van der Waals surface area contributed by atoms with E-state index in [1.807, 2.05) is 12.1 Å². The van der Waals surface area contributed by atoms with Gasteiger partial charge in [0.05, 0.1) is 11.8 Å². The first kappa shape index (κ1) is 15.3. The Hall–Kier alpha value is -2.00. The second-order valence-corrected chi connectivity index (χ2v) is 7.70. The molecule has 1 fully saturated rings. The Morgan fingerprint density at radius 1 is 1.00 bits per heavy atom. The van der Waals surface area contributed by atoms with Crippen molar-refractivity contribution in [2.24, 2.45) is 5.10 Å². The first-order valence-corrected chi connectivity index (χ1v) is 9.54. The third kappa shape index (κ3) is 2.44. The van der Waals surface area contributed by atoms with Crippen LogP contribution < -0.4 is 4.74 Å². The van der Waals surface area contributed by atoms with Gasteiger partial charge >= 0.3 is 0 Å². The minimum absolute atomic E-state index is 0.272. The molecule has 1 saturated carbocycles. The molecule has 0 aromatic heterocycles. The van der Waals surface area contributed by atoms with E-state index in [0.717, 1.165) is 41.3 Å². The Kier molecular flexibility index (Phi) is 3.53. The van der Waals surface area contributed by atoms with E-state index in [1.165, 1.54) is 24.8 Å². The van der Waals surface area contributed by atoms with Crippen LogP contribution in [0.3, 0.4) is 0 Å². The summed E-state index contributed by atoms with van der Waals surface area (Å²) in [5, 5.41) is 8.11. The second kappa shape index (κ2) is 5.77. The lowest BCUT2D eigenvalue weighted by molar-refractivity contribution is -0.140. The highest BCUT2D eigenvalue weighted by Crippen LogP contribution is 2.51. The molecule has 3 aliphatic rings. The molecule has 2 aliphatic heterocycles. The van der Waals surface area contributed by atoms with Gasteiger partial charge in [-0.3, -0.25) is 0 Å². The van der Waals surface area contributed by atoms with E-state index in [4.69, 9.17) is 21.4 Å². The van der Waals surface area contributed by atoms with Gasteiger partial charge < -0.3 is 4.74 Å². The van der Waals surface area contributed by atoms with Crippen molar-refractivity contribution in [3.8, 4) is 5.75 Å². The molecule has 2 aromatic rings. The number of hydrogen-bond donors (Lipinski definition) is 0. The number of halogens is 1. The summed E-state index contributed by atoms with van der Waals surface area (Å²) in [6.45, 7) is 0. The van der Waals surface area contributed by atoms with Crippen LogP contribution in [0.4, 0.5) is 0 Å². The molecule has 3 nitrogen and oxygen atoms in total. The van der Waals surface area contributed by atoms with Crippen molar-refractivity contribution in [2.45, 2.75) is 50.3 Å². The molecule has 25 heavy (non-hydrogen) atoms. The summed E-state index contributed by atoms with van der Waals surface area (Å²) in [4.78, 5) is 0. The average molecular weight is 353 g/mol. The predicted octanol–water partition coefficient (Wildman–Crippen LogP) is 5.54. The number of ether oxygens (including phenoxy) is 1. The lowest BCUT2D eigenvalue weighted by Gasteiger charge is -2.49. The van der Waals surface area contributed by atoms with Crippen molar-refractivity contribution in [2.75, 3.05) is 0 Å². The summed E-state index contributed by atoms with van der Waals surface area (Å²) >= 11 is 6.05. The molecule has 0 amide bonds. The maximum Gasteiger partial charge on any atom is 0.198 e. The van der Waals surface area contributed by atoms with Crippen molar-refractivity contribution in [3.05, 3.63) is 64.7 Å². The molecule has 5 rings (SSSR count). The van der Waals surface area contributed by atoms with Gasteiger partial charge in [0.2, 0.25) is 0 Å². The highest BCUT2D eigenvalue weighted by Gasteiger charge is 2.50. The van der Waals surface area contributed by atoms with Crippen LogP contribution >= 0.6 is 11.6 Å². The van der Waals surface area contributed by atoms with Gasteiger partial charge in [-0.2, -0.15) is 5.10 Å². The maximum absolute atomic E-state index is 6.58. The van der Waals surface area contributed by atoms with Crippen LogP contribution in [0.15, 0.2) is 53.6 Å². The van der Waals surface area contributed by atoms with Crippen LogP contribution in [0.2, 0.25) is 5.02 Å². The molecule has 128 valence electrons. The van der Waals surface area contributed by atoms with E-state index in [-0.39, 0.29) is 11.8 Å². The molecule has 4 heteroatoms. The molecule has 1 atom stereocenters. The number of hydrazone groups is 1. The fraction of sp³-hybridized carbons (Fsp3) is 0.381. The van der Waals surface area contributed by atoms with Crippen molar-refractivity contribution in [1.82, 2.24) is 5.01 Å². The quantitative estimate of drug-likeness (QED) is 0.672. The van der Waals surface area contributed by atoms with Gasteiger partial charge in [0.15, 0.2) is 5.72 Å². The van der Waals surface area contributed by atoms with Crippen LogP contribution in [0.1, 0.15) is 55.7 Å². The largest absolute Gasteiger partial charge is 0.466 e. The zero-order valence-electron chi connectivity index (χ0n) is 14.1. The van der Waals surface area contributed by atoms with Crippen LogP contribution in [0.25, 0.3) is 0 Å². The van der Waals surface area contributed by atoms with E-state index in [0.29, 0.717) is 0 Å². The standard InChI is InChI=1S/C21H21ClN2O/c22-16-10-8-15(9-11-16)18-14-19-17-6-2-3-7-20(17)25-21(24(19)23-18)12-4-1-5-13-21/h2-3,6-11,19H,1,4-5,12-14H2. The highest BCUT2D eigenvalue weighted by molar-refractivity contribution is 6.30. The van der Waals surface area contributed by atoms with Crippen molar-refractivity contribution < 1.29 is 4.74 Å². The third-order valence-corrected chi connectivity index (χ3v) is 5.97.